The van der Waals surface area contributed by atoms with Crippen LogP contribution in [0.3, 0.4) is 0 Å². The van der Waals surface area contributed by atoms with Crippen LogP contribution >= 0.6 is 11.8 Å². The van der Waals surface area contributed by atoms with Gasteiger partial charge in [-0.3, -0.25) is 9.69 Å². The minimum absolute atomic E-state index is 0.179. The summed E-state index contributed by atoms with van der Waals surface area (Å²) in [6.45, 7) is 1.90. The number of fused-ring (bicyclic) bond motifs is 3. The maximum absolute atomic E-state index is 13.0. The number of benzene rings is 3. The van der Waals surface area contributed by atoms with E-state index in [1.807, 2.05) is 85.1 Å². The van der Waals surface area contributed by atoms with E-state index in [-0.39, 0.29) is 5.91 Å². The van der Waals surface area contributed by atoms with E-state index < -0.39 is 6.23 Å². The van der Waals surface area contributed by atoms with E-state index in [1.165, 1.54) is 18.7 Å². The van der Waals surface area contributed by atoms with Gasteiger partial charge in [0.05, 0.1) is 11.3 Å². The van der Waals surface area contributed by atoms with Crippen LogP contribution < -0.4 is 14.4 Å². The number of rotatable bonds is 5. The average Bonchev–Trinajstić information content (AvgIpc) is 3.02. The maximum atomic E-state index is 13.0. The minimum atomic E-state index is -0.807. The van der Waals surface area contributed by atoms with Crippen LogP contribution in [-0.4, -0.2) is 27.3 Å². The number of aromatic nitrogens is 3. The second-order valence-electron chi connectivity index (χ2n) is 7.64. The summed E-state index contributed by atoms with van der Waals surface area (Å²) in [6.07, 6.45) is 1.07. The number of hydrogen-bond donors (Lipinski definition) is 0. The summed E-state index contributed by atoms with van der Waals surface area (Å²) >= 11 is 1.37. The standard InChI is InChI=1S/C26H22N4O3S/c1-17(31)30-21-14-8-6-12-19(21)23-24(27-26(34-2)29-28-23)33-25(30)20-13-7-9-15-22(20)32-16-18-10-4-3-5-11-18/h3-15,25H,16H2,1-2H3/t25-/m0/s1. The first-order valence-corrected chi connectivity index (χ1v) is 12.0. The first-order chi connectivity index (χ1) is 16.7. The molecule has 4 aromatic rings. The van der Waals surface area contributed by atoms with Gasteiger partial charge in [-0.25, -0.2) is 0 Å². The van der Waals surface area contributed by atoms with Gasteiger partial charge in [0.1, 0.15) is 12.4 Å². The lowest BCUT2D eigenvalue weighted by Gasteiger charge is -2.30. The van der Waals surface area contributed by atoms with Crippen molar-refractivity contribution in [2.24, 2.45) is 0 Å². The SMILES string of the molecule is CSc1nnc2c(n1)O[C@@H](c1ccccc1OCc1ccccc1)N(C(C)=O)c1ccccc1-2. The van der Waals surface area contributed by atoms with Crippen LogP contribution in [0.1, 0.15) is 24.3 Å². The predicted octanol–water partition coefficient (Wildman–Crippen LogP) is 5.28. The lowest BCUT2D eigenvalue weighted by Crippen LogP contribution is -2.36. The van der Waals surface area contributed by atoms with E-state index in [2.05, 4.69) is 15.2 Å². The van der Waals surface area contributed by atoms with E-state index >= 15 is 0 Å². The van der Waals surface area contributed by atoms with Gasteiger partial charge < -0.3 is 9.47 Å². The fraction of sp³-hybridized carbons (Fsp3) is 0.154. The van der Waals surface area contributed by atoms with Crippen molar-refractivity contribution in [3.8, 4) is 22.9 Å². The first kappa shape index (κ1) is 21.9. The summed E-state index contributed by atoms with van der Waals surface area (Å²) in [4.78, 5) is 19.2. The molecule has 0 aliphatic carbocycles. The molecule has 0 N–H and O–H groups in total. The van der Waals surface area contributed by atoms with Crippen LogP contribution in [0, 0.1) is 0 Å². The number of nitrogens with zero attached hydrogens (tertiary/aromatic N) is 4. The summed E-state index contributed by atoms with van der Waals surface area (Å²) < 4.78 is 12.6. The summed E-state index contributed by atoms with van der Waals surface area (Å²) in [6, 6.07) is 25.0. The van der Waals surface area contributed by atoms with Crippen molar-refractivity contribution in [2.45, 2.75) is 24.9 Å². The predicted molar refractivity (Wildman–Crippen MR) is 131 cm³/mol. The quantitative estimate of drug-likeness (QED) is 0.367. The smallest absolute Gasteiger partial charge is 0.247 e. The monoisotopic (exact) mass is 470 g/mol. The topological polar surface area (TPSA) is 77.4 Å². The van der Waals surface area contributed by atoms with Crippen molar-refractivity contribution in [2.75, 3.05) is 11.2 Å². The minimum Gasteiger partial charge on any atom is -0.488 e. The highest BCUT2D eigenvalue weighted by molar-refractivity contribution is 7.98. The van der Waals surface area contributed by atoms with Crippen LogP contribution in [-0.2, 0) is 11.4 Å². The molecule has 1 amide bonds. The van der Waals surface area contributed by atoms with E-state index in [0.717, 1.165) is 11.1 Å². The Hall–Kier alpha value is -3.91. The highest BCUT2D eigenvalue weighted by atomic mass is 32.2. The Morgan fingerprint density at radius 3 is 2.53 bits per heavy atom. The lowest BCUT2D eigenvalue weighted by atomic mass is 10.1. The summed E-state index contributed by atoms with van der Waals surface area (Å²) in [5.41, 5.74) is 3.64. The number of thioether (sulfide) groups is 1. The van der Waals surface area contributed by atoms with E-state index in [1.54, 1.807) is 4.90 Å². The number of ether oxygens (including phenoxy) is 2. The normalized spacial score (nSPS) is 14.4. The molecule has 170 valence electrons. The fourth-order valence-electron chi connectivity index (χ4n) is 3.89. The molecule has 0 spiro atoms. The van der Waals surface area contributed by atoms with Crippen molar-refractivity contribution < 1.29 is 14.3 Å². The van der Waals surface area contributed by atoms with E-state index in [4.69, 9.17) is 9.47 Å². The maximum Gasteiger partial charge on any atom is 0.247 e. The summed E-state index contributed by atoms with van der Waals surface area (Å²) in [5, 5.41) is 9.06. The van der Waals surface area contributed by atoms with Crippen LogP contribution in [0.5, 0.6) is 11.6 Å². The molecule has 5 rings (SSSR count). The largest absolute Gasteiger partial charge is 0.488 e. The van der Waals surface area contributed by atoms with Crippen molar-refractivity contribution in [1.82, 2.24) is 15.2 Å². The van der Waals surface area contributed by atoms with Crippen LogP contribution in [0.25, 0.3) is 11.3 Å². The van der Waals surface area contributed by atoms with Crippen LogP contribution in [0.15, 0.2) is 84.0 Å². The molecule has 34 heavy (non-hydrogen) atoms. The average molecular weight is 471 g/mol. The van der Waals surface area contributed by atoms with E-state index in [0.29, 0.717) is 40.3 Å². The van der Waals surface area contributed by atoms with Gasteiger partial charge in [-0.2, -0.15) is 4.98 Å². The molecule has 7 nitrogen and oxygen atoms in total. The fourth-order valence-corrected chi connectivity index (χ4v) is 4.19. The number of amides is 1. The molecule has 2 heterocycles. The number of anilines is 1. The second-order valence-corrected chi connectivity index (χ2v) is 8.41. The third-order valence-corrected chi connectivity index (χ3v) is 5.99. The number of carbonyl (C=O) groups excluding carboxylic acids is 1. The second kappa shape index (κ2) is 9.52. The molecule has 1 atom stereocenters. The molecule has 0 saturated heterocycles. The van der Waals surface area contributed by atoms with E-state index in [9.17, 15) is 4.79 Å². The van der Waals surface area contributed by atoms with Gasteiger partial charge in [-0.1, -0.05) is 72.4 Å². The molecule has 0 unspecified atom stereocenters. The Morgan fingerprint density at radius 1 is 1.00 bits per heavy atom. The van der Waals surface area contributed by atoms with Crippen LogP contribution in [0.4, 0.5) is 5.69 Å². The highest BCUT2D eigenvalue weighted by Gasteiger charge is 2.36. The third kappa shape index (κ3) is 4.20. The molecule has 0 saturated carbocycles. The molecule has 3 aromatic carbocycles. The molecule has 0 fully saturated rings. The zero-order chi connectivity index (χ0) is 23.5. The van der Waals surface area contributed by atoms with Crippen molar-refractivity contribution in [1.29, 1.82) is 0 Å². The molecule has 0 bridgehead atoms. The number of carbonyl (C=O) groups is 1. The van der Waals surface area contributed by atoms with Crippen molar-refractivity contribution >= 4 is 23.4 Å². The summed E-state index contributed by atoms with van der Waals surface area (Å²) in [5.74, 6) is 0.759. The van der Waals surface area contributed by atoms with Gasteiger partial charge in [0.15, 0.2) is 5.69 Å². The van der Waals surface area contributed by atoms with Gasteiger partial charge in [-0.15, -0.1) is 10.2 Å². The molecule has 1 aromatic heterocycles. The van der Waals surface area contributed by atoms with Gasteiger partial charge in [0.2, 0.25) is 23.2 Å². The van der Waals surface area contributed by atoms with Gasteiger partial charge >= 0.3 is 0 Å². The Labute approximate surface area is 201 Å². The molecular formula is C26H22N4O3S. The Morgan fingerprint density at radius 2 is 1.74 bits per heavy atom. The first-order valence-electron chi connectivity index (χ1n) is 10.8. The Balaban J connectivity index is 1.63. The zero-order valence-corrected chi connectivity index (χ0v) is 19.5. The molecule has 1 aliphatic heterocycles. The van der Waals surface area contributed by atoms with Crippen molar-refractivity contribution in [3.05, 3.63) is 90.0 Å². The molecule has 1 aliphatic rings. The number of para-hydroxylation sites is 2. The Kier molecular flexibility index (Phi) is 6.14. The summed E-state index contributed by atoms with van der Waals surface area (Å²) in [7, 11) is 0. The van der Waals surface area contributed by atoms with Gasteiger partial charge in [0, 0.05) is 12.5 Å². The van der Waals surface area contributed by atoms with Gasteiger partial charge in [-0.05, 0) is 30.0 Å². The number of hydrogen-bond acceptors (Lipinski definition) is 7. The van der Waals surface area contributed by atoms with Gasteiger partial charge in [0.25, 0.3) is 0 Å². The zero-order valence-electron chi connectivity index (χ0n) is 18.7. The molecule has 8 heteroatoms. The third-order valence-electron chi connectivity index (χ3n) is 5.46. The molecular weight excluding hydrogens is 448 g/mol. The highest BCUT2D eigenvalue weighted by Crippen LogP contribution is 2.44. The lowest BCUT2D eigenvalue weighted by molar-refractivity contribution is -0.118. The molecule has 0 radical (unpaired) electrons. The van der Waals surface area contributed by atoms with Crippen LogP contribution in [0.2, 0.25) is 0 Å². The van der Waals surface area contributed by atoms with Crippen molar-refractivity contribution in [3.63, 3.8) is 0 Å². The Bertz CT molecular complexity index is 1330.